The number of aryl methyl sites for hydroxylation is 1. The van der Waals surface area contributed by atoms with Gasteiger partial charge in [-0.25, -0.2) is 9.37 Å². The lowest BCUT2D eigenvalue weighted by atomic mass is 10.0. The van der Waals surface area contributed by atoms with Crippen LogP contribution >= 0.6 is 0 Å². The average Bonchev–Trinajstić information content (AvgIpc) is 2.81. The molecule has 0 amide bonds. The first-order valence-corrected chi connectivity index (χ1v) is 5.99. The number of nitrogens with zero attached hydrogens (tertiary/aromatic N) is 3. The molecule has 0 bridgehead atoms. The second kappa shape index (κ2) is 5.79. The van der Waals surface area contributed by atoms with Crippen LogP contribution in [-0.2, 0) is 13.5 Å². The van der Waals surface area contributed by atoms with Gasteiger partial charge in [0.1, 0.15) is 23.7 Å². The normalized spacial score (nSPS) is 12.4. The molecule has 1 N–H and O–H groups in total. The maximum atomic E-state index is 14.0. The van der Waals surface area contributed by atoms with Crippen LogP contribution in [0.25, 0.3) is 0 Å². The Kier molecular flexibility index (Phi) is 4.11. The van der Waals surface area contributed by atoms with Gasteiger partial charge >= 0.3 is 0 Å². The van der Waals surface area contributed by atoms with E-state index in [2.05, 4.69) is 15.4 Å². The van der Waals surface area contributed by atoms with Gasteiger partial charge in [0.15, 0.2) is 0 Å². The summed E-state index contributed by atoms with van der Waals surface area (Å²) in [5.41, 5.74) is 0.589. The number of rotatable bonds is 5. The van der Waals surface area contributed by atoms with Gasteiger partial charge in [0.25, 0.3) is 0 Å². The minimum absolute atomic E-state index is 0.159. The third kappa shape index (κ3) is 2.90. The van der Waals surface area contributed by atoms with Crippen molar-refractivity contribution in [1.82, 2.24) is 20.1 Å². The number of ether oxygens (including phenoxy) is 1. The molecular formula is C13H17FN4O. The summed E-state index contributed by atoms with van der Waals surface area (Å²) in [5.74, 6) is 1.02. The van der Waals surface area contributed by atoms with Gasteiger partial charge in [-0.05, 0) is 13.1 Å². The van der Waals surface area contributed by atoms with Gasteiger partial charge in [-0.15, -0.1) is 0 Å². The number of aromatic nitrogens is 3. The van der Waals surface area contributed by atoms with Crippen molar-refractivity contribution in [3.8, 4) is 5.75 Å². The van der Waals surface area contributed by atoms with Gasteiger partial charge in [0.2, 0.25) is 0 Å². The summed E-state index contributed by atoms with van der Waals surface area (Å²) < 4.78 is 20.7. The monoisotopic (exact) mass is 264 g/mol. The number of hydrogen-bond donors (Lipinski definition) is 1. The van der Waals surface area contributed by atoms with E-state index in [1.165, 1.54) is 19.5 Å². The zero-order chi connectivity index (χ0) is 13.8. The minimum atomic E-state index is -0.291. The van der Waals surface area contributed by atoms with Gasteiger partial charge in [-0.1, -0.05) is 6.07 Å². The Morgan fingerprint density at radius 1 is 1.47 bits per heavy atom. The first-order chi connectivity index (χ1) is 9.15. The zero-order valence-corrected chi connectivity index (χ0v) is 11.2. The van der Waals surface area contributed by atoms with E-state index in [1.54, 1.807) is 23.9 Å². The molecule has 0 spiro atoms. The third-order valence-electron chi connectivity index (χ3n) is 3.12. The molecule has 0 saturated carbocycles. The first-order valence-electron chi connectivity index (χ1n) is 5.99. The number of benzene rings is 1. The summed E-state index contributed by atoms with van der Waals surface area (Å²) in [5, 5.41) is 7.11. The fraction of sp³-hybridized carbons (Fsp3) is 0.385. The van der Waals surface area contributed by atoms with Crippen molar-refractivity contribution >= 4 is 0 Å². The van der Waals surface area contributed by atoms with E-state index in [0.717, 1.165) is 5.82 Å². The summed E-state index contributed by atoms with van der Waals surface area (Å²) in [7, 11) is 5.13. The van der Waals surface area contributed by atoms with Crippen molar-refractivity contribution in [3.63, 3.8) is 0 Å². The molecular weight excluding hydrogens is 247 g/mol. The van der Waals surface area contributed by atoms with Crippen LogP contribution in [0.4, 0.5) is 4.39 Å². The summed E-state index contributed by atoms with van der Waals surface area (Å²) in [6.45, 7) is 0. The van der Waals surface area contributed by atoms with Crippen molar-refractivity contribution in [2.75, 3.05) is 14.2 Å². The van der Waals surface area contributed by atoms with Crippen molar-refractivity contribution in [1.29, 1.82) is 0 Å². The highest BCUT2D eigenvalue weighted by Gasteiger charge is 2.17. The maximum Gasteiger partial charge on any atom is 0.138 e. The van der Waals surface area contributed by atoms with Crippen molar-refractivity contribution in [2.24, 2.45) is 7.05 Å². The zero-order valence-electron chi connectivity index (χ0n) is 11.2. The minimum Gasteiger partial charge on any atom is -0.497 e. The molecule has 2 aromatic rings. The molecule has 102 valence electrons. The second-order valence-corrected chi connectivity index (χ2v) is 4.23. The maximum absolute atomic E-state index is 14.0. The molecule has 1 unspecified atom stereocenters. The van der Waals surface area contributed by atoms with Crippen molar-refractivity contribution in [3.05, 3.63) is 41.7 Å². The fourth-order valence-corrected chi connectivity index (χ4v) is 1.97. The van der Waals surface area contributed by atoms with Crippen LogP contribution in [-0.4, -0.2) is 28.9 Å². The highest BCUT2D eigenvalue weighted by molar-refractivity contribution is 5.31. The Balaban J connectivity index is 2.24. The molecule has 19 heavy (non-hydrogen) atoms. The van der Waals surface area contributed by atoms with Gasteiger partial charge in [-0.3, -0.25) is 4.68 Å². The standard InChI is InChI=1S/C13H17FN4O/c1-15-12(7-13-16-8-17-18(13)2)10-5-4-9(19-3)6-11(10)14/h4-6,8,12,15H,7H2,1-3H3. The fourth-order valence-electron chi connectivity index (χ4n) is 1.97. The van der Waals surface area contributed by atoms with Crippen LogP contribution in [0.5, 0.6) is 5.75 Å². The smallest absolute Gasteiger partial charge is 0.138 e. The molecule has 1 atom stereocenters. The Bertz CT molecular complexity index is 555. The quantitative estimate of drug-likeness (QED) is 0.888. The van der Waals surface area contributed by atoms with E-state index < -0.39 is 0 Å². The molecule has 6 heteroatoms. The van der Waals surface area contributed by atoms with E-state index in [9.17, 15) is 4.39 Å². The number of nitrogens with one attached hydrogen (secondary N) is 1. The van der Waals surface area contributed by atoms with Gasteiger partial charge in [0.05, 0.1) is 7.11 Å². The van der Waals surface area contributed by atoms with Crippen LogP contribution in [0.15, 0.2) is 24.5 Å². The van der Waals surface area contributed by atoms with Crippen molar-refractivity contribution < 1.29 is 9.13 Å². The Morgan fingerprint density at radius 3 is 2.79 bits per heavy atom. The van der Waals surface area contributed by atoms with Gasteiger partial charge in [0, 0.05) is 31.1 Å². The molecule has 2 rings (SSSR count). The molecule has 0 aliphatic heterocycles. The van der Waals surface area contributed by atoms with E-state index in [0.29, 0.717) is 17.7 Å². The highest BCUT2D eigenvalue weighted by atomic mass is 19.1. The molecule has 1 heterocycles. The predicted octanol–water partition coefficient (Wildman–Crippen LogP) is 1.47. The number of halogens is 1. The SMILES string of the molecule is CNC(Cc1ncnn1C)c1ccc(OC)cc1F. The Hall–Kier alpha value is -1.95. The molecule has 0 radical (unpaired) electrons. The molecule has 0 fully saturated rings. The predicted molar refractivity (Wildman–Crippen MR) is 69.5 cm³/mol. The lowest BCUT2D eigenvalue weighted by Gasteiger charge is -2.17. The highest BCUT2D eigenvalue weighted by Crippen LogP contribution is 2.23. The summed E-state index contributed by atoms with van der Waals surface area (Å²) in [6.07, 6.45) is 2.06. The largest absolute Gasteiger partial charge is 0.497 e. The topological polar surface area (TPSA) is 52.0 Å². The molecule has 0 aliphatic rings. The van der Waals surface area contributed by atoms with E-state index in [1.807, 2.05) is 7.05 Å². The lowest BCUT2D eigenvalue weighted by molar-refractivity contribution is 0.409. The van der Waals surface area contributed by atoms with E-state index in [-0.39, 0.29) is 11.9 Å². The van der Waals surface area contributed by atoms with E-state index in [4.69, 9.17) is 4.74 Å². The molecule has 1 aromatic heterocycles. The third-order valence-corrected chi connectivity index (χ3v) is 3.12. The van der Waals surface area contributed by atoms with Crippen LogP contribution < -0.4 is 10.1 Å². The summed E-state index contributed by atoms with van der Waals surface area (Å²) in [4.78, 5) is 4.16. The van der Waals surface area contributed by atoms with Crippen LogP contribution in [0.1, 0.15) is 17.4 Å². The van der Waals surface area contributed by atoms with Gasteiger partial charge < -0.3 is 10.1 Å². The number of methoxy groups -OCH3 is 1. The second-order valence-electron chi connectivity index (χ2n) is 4.23. The van der Waals surface area contributed by atoms with Crippen molar-refractivity contribution in [2.45, 2.75) is 12.5 Å². The van der Waals surface area contributed by atoms with Crippen LogP contribution in [0.3, 0.4) is 0 Å². The molecule has 5 nitrogen and oxygen atoms in total. The van der Waals surface area contributed by atoms with Gasteiger partial charge in [-0.2, -0.15) is 5.10 Å². The molecule has 0 saturated heterocycles. The number of likely N-dealkylation sites (N-methyl/N-ethyl adjacent to an activating group) is 1. The summed E-state index contributed by atoms with van der Waals surface area (Å²) >= 11 is 0. The first kappa shape index (κ1) is 13.5. The average molecular weight is 264 g/mol. The summed E-state index contributed by atoms with van der Waals surface area (Å²) in [6, 6.07) is 4.70. The molecule has 0 aliphatic carbocycles. The molecule has 1 aromatic carbocycles. The van der Waals surface area contributed by atoms with Crippen LogP contribution in [0.2, 0.25) is 0 Å². The lowest BCUT2D eigenvalue weighted by Crippen LogP contribution is -2.21. The number of hydrogen-bond acceptors (Lipinski definition) is 4. The van der Waals surface area contributed by atoms with Crippen LogP contribution in [0, 0.1) is 5.82 Å². The Labute approximate surface area is 111 Å². The van der Waals surface area contributed by atoms with E-state index >= 15 is 0 Å². The Morgan fingerprint density at radius 2 is 2.26 bits per heavy atom.